The molecule has 0 saturated carbocycles. The van der Waals surface area contributed by atoms with Crippen molar-refractivity contribution in [1.82, 2.24) is 9.55 Å². The third-order valence-corrected chi connectivity index (χ3v) is 5.71. The van der Waals surface area contributed by atoms with Gasteiger partial charge in [-0.2, -0.15) is 0 Å². The molecule has 1 N–H and O–H groups in total. The van der Waals surface area contributed by atoms with Crippen LogP contribution in [0.5, 0.6) is 5.75 Å². The average molecular weight is 444 g/mol. The predicted molar refractivity (Wildman–Crippen MR) is 123 cm³/mol. The summed E-state index contributed by atoms with van der Waals surface area (Å²) >= 11 is 0. The lowest BCUT2D eigenvalue weighted by Crippen LogP contribution is -2.31. The zero-order chi connectivity index (χ0) is 22.9. The van der Waals surface area contributed by atoms with Crippen molar-refractivity contribution in [2.24, 2.45) is 0 Å². The summed E-state index contributed by atoms with van der Waals surface area (Å²) in [5, 5.41) is 2.57. The van der Waals surface area contributed by atoms with Crippen molar-refractivity contribution in [3.05, 3.63) is 84.2 Å². The van der Waals surface area contributed by atoms with E-state index in [1.54, 1.807) is 28.7 Å². The molecule has 7 nitrogen and oxygen atoms in total. The highest BCUT2D eigenvalue weighted by atomic mass is 19.1. The van der Waals surface area contributed by atoms with Gasteiger partial charge in [-0.25, -0.2) is 9.37 Å². The maximum absolute atomic E-state index is 14.0. The van der Waals surface area contributed by atoms with E-state index >= 15 is 0 Å². The molecule has 0 fully saturated rings. The number of anilines is 2. The second kappa shape index (κ2) is 8.38. The summed E-state index contributed by atoms with van der Waals surface area (Å²) in [6.07, 6.45) is -0.139. The number of para-hydroxylation sites is 3. The van der Waals surface area contributed by atoms with Crippen LogP contribution in [0.3, 0.4) is 0 Å². The number of hydrogen-bond donors (Lipinski definition) is 1. The fourth-order valence-electron chi connectivity index (χ4n) is 4.10. The highest BCUT2D eigenvalue weighted by Crippen LogP contribution is 2.37. The monoisotopic (exact) mass is 444 g/mol. The number of aromatic nitrogens is 2. The third-order valence-electron chi connectivity index (χ3n) is 5.71. The minimum Gasteiger partial charge on any atom is -0.497 e. The number of fused-ring (bicyclic) bond motifs is 3. The van der Waals surface area contributed by atoms with E-state index in [4.69, 9.17) is 4.74 Å². The molecule has 1 unspecified atom stereocenters. The Morgan fingerprint density at radius 3 is 2.55 bits per heavy atom. The molecule has 8 heteroatoms. The molecule has 2 heterocycles. The highest BCUT2D eigenvalue weighted by molar-refractivity contribution is 6.05. The van der Waals surface area contributed by atoms with Crippen molar-refractivity contribution in [1.29, 1.82) is 0 Å². The largest absolute Gasteiger partial charge is 0.497 e. The first-order chi connectivity index (χ1) is 16.0. The molecule has 1 atom stereocenters. The fourth-order valence-corrected chi connectivity index (χ4v) is 4.10. The molecular weight excluding hydrogens is 423 g/mol. The lowest BCUT2D eigenvalue weighted by molar-refractivity contribution is -0.124. The SMILES string of the molecule is COc1ccc(CN2C(=O)C(CC(=O)Nc3ccccc3F)n3c2nc2ccccc23)cc1. The van der Waals surface area contributed by atoms with Crippen LogP contribution >= 0.6 is 0 Å². The zero-order valence-corrected chi connectivity index (χ0v) is 17.9. The van der Waals surface area contributed by atoms with Crippen molar-refractivity contribution < 1.29 is 18.7 Å². The molecule has 0 spiro atoms. The van der Waals surface area contributed by atoms with Gasteiger partial charge in [-0.15, -0.1) is 0 Å². The van der Waals surface area contributed by atoms with E-state index in [1.165, 1.54) is 12.1 Å². The second-order valence-electron chi connectivity index (χ2n) is 7.79. The number of benzene rings is 3. The van der Waals surface area contributed by atoms with Gasteiger partial charge < -0.3 is 10.1 Å². The Labute approximate surface area is 189 Å². The Balaban J connectivity index is 1.46. The number of amides is 2. The first-order valence-electron chi connectivity index (χ1n) is 10.5. The molecule has 166 valence electrons. The number of methoxy groups -OCH3 is 1. The normalized spacial score (nSPS) is 15.0. The number of carbonyl (C=O) groups excluding carboxylic acids is 2. The molecular formula is C25H21FN4O3. The summed E-state index contributed by atoms with van der Waals surface area (Å²) in [6.45, 7) is 0.303. The Morgan fingerprint density at radius 1 is 1.06 bits per heavy atom. The summed E-state index contributed by atoms with van der Waals surface area (Å²) in [7, 11) is 1.60. The number of rotatable bonds is 6. The van der Waals surface area contributed by atoms with Gasteiger partial charge in [0.15, 0.2) is 0 Å². The van der Waals surface area contributed by atoms with E-state index in [1.807, 2.05) is 48.5 Å². The molecule has 3 aromatic carbocycles. The minimum absolute atomic E-state index is 0.0822. The molecule has 1 aliphatic heterocycles. The average Bonchev–Trinajstić information content (AvgIpc) is 3.32. The van der Waals surface area contributed by atoms with E-state index in [-0.39, 0.29) is 18.0 Å². The van der Waals surface area contributed by atoms with Crippen LogP contribution in [0.2, 0.25) is 0 Å². The van der Waals surface area contributed by atoms with Gasteiger partial charge in [0, 0.05) is 0 Å². The molecule has 0 radical (unpaired) electrons. The third kappa shape index (κ3) is 3.80. The van der Waals surface area contributed by atoms with Gasteiger partial charge in [-0.05, 0) is 42.0 Å². The molecule has 0 aliphatic carbocycles. The second-order valence-corrected chi connectivity index (χ2v) is 7.79. The molecule has 1 aromatic heterocycles. The summed E-state index contributed by atoms with van der Waals surface area (Å²) < 4.78 is 21.0. The van der Waals surface area contributed by atoms with E-state index in [2.05, 4.69) is 10.3 Å². The van der Waals surface area contributed by atoms with Gasteiger partial charge >= 0.3 is 0 Å². The highest BCUT2D eigenvalue weighted by Gasteiger charge is 2.40. The topological polar surface area (TPSA) is 76.5 Å². The molecule has 0 saturated heterocycles. The van der Waals surface area contributed by atoms with Gasteiger partial charge in [-0.3, -0.25) is 19.1 Å². The number of carbonyl (C=O) groups is 2. The maximum atomic E-state index is 14.0. The quantitative estimate of drug-likeness (QED) is 0.481. The Bertz CT molecular complexity index is 1350. The van der Waals surface area contributed by atoms with Gasteiger partial charge in [0.05, 0.1) is 36.8 Å². The molecule has 1 aliphatic rings. The van der Waals surface area contributed by atoms with Gasteiger partial charge in [0.1, 0.15) is 17.6 Å². The molecule has 4 aromatic rings. The lowest BCUT2D eigenvalue weighted by atomic mass is 10.1. The number of hydrogen-bond acceptors (Lipinski definition) is 4. The smallest absolute Gasteiger partial charge is 0.253 e. The van der Waals surface area contributed by atoms with Crippen LogP contribution in [0.15, 0.2) is 72.8 Å². The van der Waals surface area contributed by atoms with E-state index in [9.17, 15) is 14.0 Å². The first kappa shape index (κ1) is 20.7. The number of nitrogens with zero attached hydrogens (tertiary/aromatic N) is 3. The van der Waals surface area contributed by atoms with Crippen LogP contribution in [-0.4, -0.2) is 28.5 Å². The van der Waals surface area contributed by atoms with Crippen LogP contribution in [0.4, 0.5) is 16.0 Å². The van der Waals surface area contributed by atoms with Crippen molar-refractivity contribution >= 4 is 34.5 Å². The maximum Gasteiger partial charge on any atom is 0.253 e. The molecule has 0 bridgehead atoms. The van der Waals surface area contributed by atoms with Crippen LogP contribution in [0.1, 0.15) is 18.0 Å². The Morgan fingerprint density at radius 2 is 1.79 bits per heavy atom. The lowest BCUT2D eigenvalue weighted by Gasteiger charge is -2.16. The van der Waals surface area contributed by atoms with E-state index < -0.39 is 17.8 Å². The molecule has 2 amide bonds. The van der Waals surface area contributed by atoms with E-state index in [0.29, 0.717) is 12.5 Å². The van der Waals surface area contributed by atoms with Crippen LogP contribution in [-0.2, 0) is 16.1 Å². The van der Waals surface area contributed by atoms with Crippen molar-refractivity contribution in [2.45, 2.75) is 19.0 Å². The van der Waals surface area contributed by atoms with Gasteiger partial charge in [-0.1, -0.05) is 36.4 Å². The number of halogens is 1. The standard InChI is InChI=1S/C25H21FN4O3/c1-33-17-12-10-16(11-13-17)15-29-24(32)22(14-23(31)27-19-7-3-2-6-18(19)26)30-21-9-5-4-8-20(21)28-25(29)30/h2-13,22H,14-15H2,1H3,(H,27,31). The molecule has 33 heavy (non-hydrogen) atoms. The number of imidazole rings is 1. The van der Waals surface area contributed by atoms with Crippen LogP contribution in [0.25, 0.3) is 11.0 Å². The molecule has 5 rings (SSSR count). The van der Waals surface area contributed by atoms with Crippen LogP contribution in [0, 0.1) is 5.82 Å². The van der Waals surface area contributed by atoms with Crippen molar-refractivity contribution in [3.8, 4) is 5.75 Å². The first-order valence-corrected chi connectivity index (χ1v) is 10.5. The summed E-state index contributed by atoms with van der Waals surface area (Å²) in [5.74, 6) is -0.00290. The summed E-state index contributed by atoms with van der Waals surface area (Å²) in [6, 6.07) is 20.1. The van der Waals surface area contributed by atoms with Crippen LogP contribution < -0.4 is 15.0 Å². The van der Waals surface area contributed by atoms with Gasteiger partial charge in [0.25, 0.3) is 5.91 Å². The number of ether oxygens (including phenoxy) is 1. The predicted octanol–water partition coefficient (Wildman–Crippen LogP) is 4.30. The summed E-state index contributed by atoms with van der Waals surface area (Å²) in [4.78, 5) is 32.5. The van der Waals surface area contributed by atoms with E-state index in [0.717, 1.165) is 22.3 Å². The summed E-state index contributed by atoms with van der Waals surface area (Å²) in [5.41, 5.74) is 2.49. The Hall–Kier alpha value is -4.20. The van der Waals surface area contributed by atoms with Crippen molar-refractivity contribution in [3.63, 3.8) is 0 Å². The van der Waals surface area contributed by atoms with Gasteiger partial charge in [0.2, 0.25) is 11.9 Å². The number of nitrogens with one attached hydrogen (secondary N) is 1. The minimum atomic E-state index is -0.780. The van der Waals surface area contributed by atoms with Crippen molar-refractivity contribution in [2.75, 3.05) is 17.3 Å². The fraction of sp³-hybridized carbons (Fsp3) is 0.160. The Kier molecular flexibility index (Phi) is 5.26. The zero-order valence-electron chi connectivity index (χ0n) is 17.9.